The lowest BCUT2D eigenvalue weighted by molar-refractivity contribution is -0.143. The van der Waals surface area contributed by atoms with E-state index in [0.717, 1.165) is 57.8 Å². The lowest BCUT2D eigenvalue weighted by atomic mass is 10.0. The number of esters is 1. The molecule has 1 amide bonds. The Morgan fingerprint density at radius 2 is 0.825 bits per heavy atom. The highest BCUT2D eigenvalue weighted by Crippen LogP contribution is 2.16. The lowest BCUT2D eigenvalue weighted by Crippen LogP contribution is -2.45. The van der Waals surface area contributed by atoms with Crippen molar-refractivity contribution in [2.45, 2.75) is 289 Å². The second-order valence-corrected chi connectivity index (χ2v) is 17.5. The fraction of sp³-hybridized carbons (Fsp3) is 0.922. The van der Waals surface area contributed by atoms with Gasteiger partial charge >= 0.3 is 5.97 Å². The third-order valence-corrected chi connectivity index (χ3v) is 11.8. The molecule has 2 unspecified atom stereocenters. The first-order valence-electron chi connectivity index (χ1n) is 25.4. The summed E-state index contributed by atoms with van der Waals surface area (Å²) in [4.78, 5) is 24.4. The average molecular weight is 806 g/mol. The first kappa shape index (κ1) is 55.6. The van der Waals surface area contributed by atoms with Crippen LogP contribution in [-0.2, 0) is 14.3 Å². The standard InChI is InChI=1S/C51H99NO5/c1-3-5-7-9-11-13-15-17-18-19-20-23-27-31-35-39-43-49(54)48(47-53)52-50(55)44-40-36-32-28-24-21-22-26-30-34-38-42-46-57-51(56)45-41-37-33-29-25-16-14-12-10-8-6-4-2/h12,14,48-49,53-54H,3-11,13,15-47H2,1-2H3,(H,52,55)/b14-12-. The first-order valence-corrected chi connectivity index (χ1v) is 25.4. The van der Waals surface area contributed by atoms with Crippen molar-refractivity contribution in [3.8, 4) is 0 Å². The van der Waals surface area contributed by atoms with Crippen molar-refractivity contribution >= 4 is 11.9 Å². The van der Waals surface area contributed by atoms with E-state index < -0.39 is 12.1 Å². The van der Waals surface area contributed by atoms with Gasteiger partial charge in [0, 0.05) is 12.8 Å². The Bertz CT molecular complexity index is 847. The largest absolute Gasteiger partial charge is 0.466 e. The first-order chi connectivity index (χ1) is 28.0. The quantitative estimate of drug-likeness (QED) is 0.0323. The Morgan fingerprint density at radius 3 is 1.28 bits per heavy atom. The summed E-state index contributed by atoms with van der Waals surface area (Å²) in [7, 11) is 0. The molecule has 0 spiro atoms. The van der Waals surface area contributed by atoms with Gasteiger partial charge in [0.05, 0.1) is 25.4 Å². The Morgan fingerprint density at radius 1 is 0.474 bits per heavy atom. The van der Waals surface area contributed by atoms with Gasteiger partial charge in [-0.25, -0.2) is 0 Å². The van der Waals surface area contributed by atoms with Crippen molar-refractivity contribution in [3.63, 3.8) is 0 Å². The zero-order valence-corrected chi connectivity index (χ0v) is 38.3. The Labute approximate surface area is 355 Å². The minimum Gasteiger partial charge on any atom is -0.466 e. The number of allylic oxidation sites excluding steroid dienone is 2. The molecule has 0 rings (SSSR count). The van der Waals surface area contributed by atoms with Crippen molar-refractivity contribution in [3.05, 3.63) is 12.2 Å². The van der Waals surface area contributed by atoms with Crippen molar-refractivity contribution < 1.29 is 24.5 Å². The zero-order valence-electron chi connectivity index (χ0n) is 38.3. The van der Waals surface area contributed by atoms with Gasteiger partial charge in [0.2, 0.25) is 5.91 Å². The van der Waals surface area contributed by atoms with Crippen molar-refractivity contribution in [2.75, 3.05) is 13.2 Å². The Kier molecular flexibility index (Phi) is 46.1. The van der Waals surface area contributed by atoms with Crippen LogP contribution in [0.1, 0.15) is 277 Å². The molecule has 57 heavy (non-hydrogen) atoms. The van der Waals surface area contributed by atoms with E-state index in [0.29, 0.717) is 25.9 Å². The van der Waals surface area contributed by atoms with E-state index in [1.807, 2.05) is 0 Å². The van der Waals surface area contributed by atoms with Crippen LogP contribution in [0.4, 0.5) is 0 Å². The van der Waals surface area contributed by atoms with Crippen LogP contribution in [0.5, 0.6) is 0 Å². The van der Waals surface area contributed by atoms with Crippen LogP contribution >= 0.6 is 0 Å². The van der Waals surface area contributed by atoms with Crippen LogP contribution in [0.15, 0.2) is 12.2 Å². The van der Waals surface area contributed by atoms with E-state index in [-0.39, 0.29) is 18.5 Å². The number of hydrogen-bond acceptors (Lipinski definition) is 5. The molecule has 2 atom stereocenters. The highest BCUT2D eigenvalue weighted by atomic mass is 16.5. The van der Waals surface area contributed by atoms with Crippen LogP contribution in [0.3, 0.4) is 0 Å². The SMILES string of the molecule is CCCCC/C=C\CCCCCCCC(=O)OCCCCCCCCCCCCCCC(=O)NC(CO)C(O)CCCCCCCCCCCCCCCCCC. The summed E-state index contributed by atoms with van der Waals surface area (Å²) in [6, 6.07) is -0.552. The molecular weight excluding hydrogens is 707 g/mol. The van der Waals surface area contributed by atoms with E-state index in [4.69, 9.17) is 4.74 Å². The predicted octanol–water partition coefficient (Wildman–Crippen LogP) is 15.0. The monoisotopic (exact) mass is 806 g/mol. The minimum atomic E-state index is -0.674. The molecule has 6 nitrogen and oxygen atoms in total. The normalized spacial score (nSPS) is 12.7. The summed E-state index contributed by atoms with van der Waals surface area (Å²) in [5.74, 6) is -0.0686. The molecule has 0 aromatic carbocycles. The molecule has 0 aromatic heterocycles. The maximum atomic E-state index is 12.4. The summed E-state index contributed by atoms with van der Waals surface area (Å²) >= 11 is 0. The second kappa shape index (κ2) is 47.3. The molecule has 0 fully saturated rings. The summed E-state index contributed by atoms with van der Waals surface area (Å²) in [5.41, 5.74) is 0. The molecule has 0 bridgehead atoms. The highest BCUT2D eigenvalue weighted by Gasteiger charge is 2.20. The summed E-state index contributed by atoms with van der Waals surface area (Å²) in [5, 5.41) is 23.2. The van der Waals surface area contributed by atoms with Crippen molar-refractivity contribution in [1.29, 1.82) is 0 Å². The molecule has 0 heterocycles. The van der Waals surface area contributed by atoms with Gasteiger partial charge < -0.3 is 20.3 Å². The zero-order chi connectivity index (χ0) is 41.5. The summed E-state index contributed by atoms with van der Waals surface area (Å²) in [6.07, 6.45) is 53.1. The highest BCUT2D eigenvalue weighted by molar-refractivity contribution is 5.76. The van der Waals surface area contributed by atoms with E-state index >= 15 is 0 Å². The van der Waals surface area contributed by atoms with Gasteiger partial charge in [-0.2, -0.15) is 0 Å². The molecule has 0 radical (unpaired) electrons. The van der Waals surface area contributed by atoms with Gasteiger partial charge in [-0.05, 0) is 51.4 Å². The number of aliphatic hydroxyl groups excluding tert-OH is 2. The number of rotatable bonds is 47. The van der Waals surface area contributed by atoms with Gasteiger partial charge in [-0.3, -0.25) is 9.59 Å². The van der Waals surface area contributed by atoms with Gasteiger partial charge in [-0.1, -0.05) is 225 Å². The Balaban J connectivity index is 3.47. The number of ether oxygens (including phenoxy) is 1. The van der Waals surface area contributed by atoms with Gasteiger partial charge in [0.1, 0.15) is 0 Å². The Hall–Kier alpha value is -1.40. The van der Waals surface area contributed by atoms with Crippen LogP contribution in [0.25, 0.3) is 0 Å². The number of unbranched alkanes of at least 4 members (excludes halogenated alkanes) is 34. The number of aliphatic hydroxyl groups is 2. The van der Waals surface area contributed by atoms with Crippen molar-refractivity contribution in [2.24, 2.45) is 0 Å². The fourth-order valence-electron chi connectivity index (χ4n) is 7.87. The molecule has 0 aromatic rings. The lowest BCUT2D eigenvalue weighted by Gasteiger charge is -2.22. The van der Waals surface area contributed by atoms with Gasteiger partial charge in [-0.15, -0.1) is 0 Å². The van der Waals surface area contributed by atoms with Crippen LogP contribution < -0.4 is 5.32 Å². The van der Waals surface area contributed by atoms with Gasteiger partial charge in [0.25, 0.3) is 0 Å². The molecule has 338 valence electrons. The molecule has 3 N–H and O–H groups in total. The predicted molar refractivity (Wildman–Crippen MR) is 246 cm³/mol. The number of nitrogens with one attached hydrogen (secondary N) is 1. The fourth-order valence-corrected chi connectivity index (χ4v) is 7.87. The molecule has 0 saturated carbocycles. The number of amides is 1. The third-order valence-electron chi connectivity index (χ3n) is 11.8. The van der Waals surface area contributed by atoms with Crippen molar-refractivity contribution in [1.82, 2.24) is 5.32 Å². The number of carbonyl (C=O) groups excluding carboxylic acids is 2. The molecule has 0 aliphatic carbocycles. The molecule has 6 heteroatoms. The van der Waals surface area contributed by atoms with Crippen LogP contribution in [0.2, 0.25) is 0 Å². The molecule has 0 aliphatic rings. The maximum Gasteiger partial charge on any atom is 0.305 e. The topological polar surface area (TPSA) is 95.9 Å². The summed E-state index contributed by atoms with van der Waals surface area (Å²) < 4.78 is 5.44. The third kappa shape index (κ3) is 44.0. The molecule has 0 saturated heterocycles. The summed E-state index contributed by atoms with van der Waals surface area (Å²) in [6.45, 7) is 4.90. The number of hydrogen-bond donors (Lipinski definition) is 3. The van der Waals surface area contributed by atoms with E-state index in [1.54, 1.807) is 0 Å². The van der Waals surface area contributed by atoms with Crippen LogP contribution in [-0.4, -0.2) is 47.4 Å². The van der Waals surface area contributed by atoms with Crippen LogP contribution in [0, 0.1) is 0 Å². The van der Waals surface area contributed by atoms with Gasteiger partial charge in [0.15, 0.2) is 0 Å². The molecular formula is C51H99NO5. The molecule has 0 aliphatic heterocycles. The number of carbonyl (C=O) groups is 2. The van der Waals surface area contributed by atoms with E-state index in [9.17, 15) is 19.8 Å². The minimum absolute atomic E-state index is 0.0190. The smallest absolute Gasteiger partial charge is 0.305 e. The van der Waals surface area contributed by atoms with E-state index in [1.165, 1.54) is 186 Å². The average Bonchev–Trinajstić information content (AvgIpc) is 3.21. The second-order valence-electron chi connectivity index (χ2n) is 17.5. The van der Waals surface area contributed by atoms with E-state index in [2.05, 4.69) is 31.3 Å². The maximum absolute atomic E-state index is 12.4.